The van der Waals surface area contributed by atoms with Crippen LogP contribution in [0.3, 0.4) is 0 Å². The minimum Gasteiger partial charge on any atom is -0.381 e. The van der Waals surface area contributed by atoms with Gasteiger partial charge in [-0.2, -0.15) is 0 Å². The van der Waals surface area contributed by atoms with Crippen LogP contribution in [0.5, 0.6) is 0 Å². The highest BCUT2D eigenvalue weighted by Crippen LogP contribution is 2.41. The summed E-state index contributed by atoms with van der Waals surface area (Å²) < 4.78 is 5.24. The van der Waals surface area contributed by atoms with Gasteiger partial charge in [0.1, 0.15) is 11.6 Å². The third-order valence-electron chi connectivity index (χ3n) is 3.09. The largest absolute Gasteiger partial charge is 0.381 e. The lowest BCUT2D eigenvalue weighted by Gasteiger charge is -2.38. The van der Waals surface area contributed by atoms with E-state index in [4.69, 9.17) is 4.74 Å². The Kier molecular flexibility index (Phi) is 2.20. The lowest BCUT2D eigenvalue weighted by molar-refractivity contribution is -0.137. The summed E-state index contributed by atoms with van der Waals surface area (Å²) in [5.41, 5.74) is -0.0231. The summed E-state index contributed by atoms with van der Waals surface area (Å²) in [7, 11) is 0. The minimum absolute atomic E-state index is 0.0231. The van der Waals surface area contributed by atoms with E-state index in [0.29, 0.717) is 26.1 Å². The first kappa shape index (κ1) is 8.88. The molecule has 0 radical (unpaired) electrons. The molecule has 13 heavy (non-hydrogen) atoms. The van der Waals surface area contributed by atoms with Gasteiger partial charge in [-0.15, -0.1) is 0 Å². The second-order valence-electron chi connectivity index (χ2n) is 4.22. The van der Waals surface area contributed by atoms with Crippen molar-refractivity contribution in [3.63, 3.8) is 0 Å². The van der Waals surface area contributed by atoms with E-state index in [1.807, 2.05) is 0 Å². The van der Waals surface area contributed by atoms with Crippen molar-refractivity contribution in [1.82, 2.24) is 0 Å². The van der Waals surface area contributed by atoms with E-state index in [1.165, 1.54) is 0 Å². The Morgan fingerprint density at radius 1 is 1.00 bits per heavy atom. The van der Waals surface area contributed by atoms with Crippen LogP contribution in [-0.4, -0.2) is 24.8 Å². The van der Waals surface area contributed by atoms with Crippen LogP contribution in [0, 0.1) is 5.41 Å². The van der Waals surface area contributed by atoms with Crippen molar-refractivity contribution >= 4 is 11.6 Å². The van der Waals surface area contributed by atoms with Gasteiger partial charge in [0.15, 0.2) is 0 Å². The molecule has 72 valence electrons. The smallest absolute Gasteiger partial charge is 0.140 e. The highest BCUT2D eigenvalue weighted by atomic mass is 16.5. The highest BCUT2D eigenvalue weighted by molar-refractivity contribution is 6.02. The molecule has 0 bridgehead atoms. The number of ether oxygens (including phenoxy) is 1. The van der Waals surface area contributed by atoms with Gasteiger partial charge >= 0.3 is 0 Å². The van der Waals surface area contributed by atoms with Crippen molar-refractivity contribution in [3.8, 4) is 0 Å². The molecule has 2 rings (SSSR count). The van der Waals surface area contributed by atoms with Crippen LogP contribution in [0.15, 0.2) is 0 Å². The van der Waals surface area contributed by atoms with Gasteiger partial charge in [-0.05, 0) is 18.3 Å². The predicted octanol–water partition coefficient (Wildman–Crippen LogP) is 1.11. The van der Waals surface area contributed by atoms with Crippen molar-refractivity contribution in [2.24, 2.45) is 5.41 Å². The average molecular weight is 182 g/mol. The van der Waals surface area contributed by atoms with Crippen LogP contribution < -0.4 is 0 Å². The molecule has 0 amide bonds. The number of ketones is 2. The molecule has 1 aliphatic carbocycles. The first-order valence-electron chi connectivity index (χ1n) is 4.81. The lowest BCUT2D eigenvalue weighted by Crippen LogP contribution is -2.38. The number of hydrogen-bond donors (Lipinski definition) is 0. The molecule has 1 saturated heterocycles. The Hall–Kier alpha value is -0.700. The molecule has 3 heteroatoms. The first-order chi connectivity index (χ1) is 6.20. The van der Waals surface area contributed by atoms with Crippen LogP contribution in [0.2, 0.25) is 0 Å². The summed E-state index contributed by atoms with van der Waals surface area (Å²) in [5, 5.41) is 0. The van der Waals surface area contributed by atoms with E-state index in [2.05, 4.69) is 0 Å². The van der Waals surface area contributed by atoms with Gasteiger partial charge in [-0.25, -0.2) is 0 Å². The summed E-state index contributed by atoms with van der Waals surface area (Å²) in [4.78, 5) is 22.6. The Labute approximate surface area is 77.4 Å². The number of carbonyl (C=O) groups excluding carboxylic acids is 2. The van der Waals surface area contributed by atoms with Crippen LogP contribution in [0.1, 0.15) is 32.1 Å². The molecule has 2 aliphatic rings. The third kappa shape index (κ3) is 1.80. The van der Waals surface area contributed by atoms with E-state index >= 15 is 0 Å². The monoisotopic (exact) mass is 182 g/mol. The van der Waals surface area contributed by atoms with E-state index in [-0.39, 0.29) is 23.4 Å². The average Bonchev–Trinajstić information content (AvgIpc) is 2.02. The van der Waals surface area contributed by atoms with Crippen molar-refractivity contribution in [2.75, 3.05) is 13.2 Å². The molecule has 1 spiro atoms. The quantitative estimate of drug-likeness (QED) is 0.527. The Morgan fingerprint density at radius 3 is 2.08 bits per heavy atom. The van der Waals surface area contributed by atoms with E-state index in [0.717, 1.165) is 12.8 Å². The van der Waals surface area contributed by atoms with Gasteiger partial charge < -0.3 is 4.74 Å². The summed E-state index contributed by atoms with van der Waals surface area (Å²) in [6.07, 6.45) is 3.13. The maximum absolute atomic E-state index is 11.3. The number of hydrogen-bond acceptors (Lipinski definition) is 3. The number of Topliss-reactive ketones (excluding diaryl/α,β-unsaturated/α-hetero) is 2. The lowest BCUT2D eigenvalue weighted by atomic mass is 9.68. The Balaban J connectivity index is 2.11. The molecule has 3 nitrogen and oxygen atoms in total. The van der Waals surface area contributed by atoms with Crippen molar-refractivity contribution in [2.45, 2.75) is 32.1 Å². The molecular weight excluding hydrogens is 168 g/mol. The molecule has 0 aromatic heterocycles. The topological polar surface area (TPSA) is 43.4 Å². The minimum atomic E-state index is -0.0231. The van der Waals surface area contributed by atoms with Crippen molar-refractivity contribution < 1.29 is 14.3 Å². The number of rotatable bonds is 0. The second kappa shape index (κ2) is 3.22. The van der Waals surface area contributed by atoms with Gasteiger partial charge in [0.05, 0.1) is 6.42 Å². The Morgan fingerprint density at radius 2 is 1.54 bits per heavy atom. The van der Waals surface area contributed by atoms with E-state index in [1.54, 1.807) is 0 Å². The second-order valence-corrected chi connectivity index (χ2v) is 4.22. The van der Waals surface area contributed by atoms with Crippen LogP contribution in [0.25, 0.3) is 0 Å². The Bertz CT molecular complexity index is 221. The number of carbonyl (C=O) groups is 2. The molecule has 0 N–H and O–H groups in total. The molecule has 0 aromatic rings. The van der Waals surface area contributed by atoms with E-state index < -0.39 is 0 Å². The molecule has 1 aliphatic heterocycles. The van der Waals surface area contributed by atoms with Crippen molar-refractivity contribution in [3.05, 3.63) is 0 Å². The van der Waals surface area contributed by atoms with Gasteiger partial charge in [0, 0.05) is 26.1 Å². The van der Waals surface area contributed by atoms with Crippen molar-refractivity contribution in [1.29, 1.82) is 0 Å². The normalized spacial score (nSPS) is 28.0. The summed E-state index contributed by atoms with van der Waals surface area (Å²) in [5.74, 6) is 0.247. The zero-order valence-corrected chi connectivity index (χ0v) is 7.67. The standard InChI is InChI=1S/C10H14O3/c11-8-5-9(12)7-10(6-8)1-3-13-4-2-10/h1-7H2. The fraction of sp³-hybridized carbons (Fsp3) is 0.800. The van der Waals surface area contributed by atoms with Gasteiger partial charge in [-0.3, -0.25) is 9.59 Å². The van der Waals surface area contributed by atoms with E-state index in [9.17, 15) is 9.59 Å². The maximum atomic E-state index is 11.3. The zero-order valence-electron chi connectivity index (χ0n) is 7.67. The van der Waals surface area contributed by atoms with Gasteiger partial charge in [0.25, 0.3) is 0 Å². The van der Waals surface area contributed by atoms with Gasteiger partial charge in [0.2, 0.25) is 0 Å². The molecule has 2 fully saturated rings. The fourth-order valence-corrected chi connectivity index (χ4v) is 2.40. The summed E-state index contributed by atoms with van der Waals surface area (Å²) >= 11 is 0. The van der Waals surface area contributed by atoms with Crippen LogP contribution >= 0.6 is 0 Å². The molecule has 0 unspecified atom stereocenters. The zero-order chi connectivity index (χ0) is 9.31. The van der Waals surface area contributed by atoms with Crippen LogP contribution in [0.4, 0.5) is 0 Å². The first-order valence-corrected chi connectivity index (χ1v) is 4.81. The third-order valence-corrected chi connectivity index (χ3v) is 3.09. The summed E-state index contributed by atoms with van der Waals surface area (Å²) in [6, 6.07) is 0. The molecular formula is C10H14O3. The SMILES string of the molecule is O=C1CC(=O)CC2(CCOCC2)C1. The maximum Gasteiger partial charge on any atom is 0.140 e. The molecule has 1 saturated carbocycles. The summed E-state index contributed by atoms with van der Waals surface area (Å²) in [6.45, 7) is 1.42. The highest BCUT2D eigenvalue weighted by Gasteiger charge is 2.40. The molecule has 1 heterocycles. The van der Waals surface area contributed by atoms with Crippen LogP contribution in [-0.2, 0) is 14.3 Å². The molecule has 0 aromatic carbocycles. The van der Waals surface area contributed by atoms with Gasteiger partial charge in [-0.1, -0.05) is 0 Å². The molecule has 0 atom stereocenters. The predicted molar refractivity (Wildman–Crippen MR) is 46.4 cm³/mol. The fourth-order valence-electron chi connectivity index (χ4n) is 2.40.